The second-order valence-electron chi connectivity index (χ2n) is 4.06. The van der Waals surface area contributed by atoms with Crippen molar-refractivity contribution in [2.45, 2.75) is 24.5 Å². The molecule has 1 fully saturated rings. The summed E-state index contributed by atoms with van der Waals surface area (Å²) in [6, 6.07) is 0. The summed E-state index contributed by atoms with van der Waals surface area (Å²) in [5, 5.41) is 28.2. The highest BCUT2D eigenvalue weighted by molar-refractivity contribution is 5.29. The van der Waals surface area contributed by atoms with E-state index in [1.165, 1.54) is 0 Å². The van der Waals surface area contributed by atoms with Crippen LogP contribution in [0.25, 0.3) is 0 Å². The van der Waals surface area contributed by atoms with Crippen molar-refractivity contribution in [3.8, 4) is 0 Å². The van der Waals surface area contributed by atoms with Crippen molar-refractivity contribution in [2.24, 2.45) is 0 Å². The zero-order chi connectivity index (χ0) is 14.3. The molecular formula is C9H12FN3O6. The number of hydrogen-bond acceptors (Lipinski definition) is 7. The number of nitrogen functional groups attached to an aromatic ring is 1. The number of aromatic amines is 1. The van der Waals surface area contributed by atoms with Crippen LogP contribution in [0.3, 0.4) is 0 Å². The van der Waals surface area contributed by atoms with E-state index in [-0.39, 0.29) is 0 Å². The van der Waals surface area contributed by atoms with E-state index in [1.807, 2.05) is 0 Å². The fourth-order valence-electron chi connectivity index (χ4n) is 1.89. The Bertz CT molecular complexity index is 599. The molecule has 0 saturated carbocycles. The molecule has 0 spiro atoms. The number of ether oxygens (including phenoxy) is 1. The summed E-state index contributed by atoms with van der Waals surface area (Å²) in [4.78, 5) is 24.2. The van der Waals surface area contributed by atoms with Gasteiger partial charge in [0.05, 0.1) is 6.61 Å². The Morgan fingerprint density at radius 3 is 2.53 bits per heavy atom. The number of nitrogens with two attached hydrogens (primary N) is 1. The van der Waals surface area contributed by atoms with Crippen molar-refractivity contribution in [1.82, 2.24) is 9.55 Å². The molecule has 2 rings (SSSR count). The Kier molecular flexibility index (Phi) is 3.41. The average molecular weight is 277 g/mol. The molecule has 19 heavy (non-hydrogen) atoms. The van der Waals surface area contributed by atoms with Crippen LogP contribution in [0.1, 0.15) is 6.23 Å². The number of nitrogens with zero attached hydrogens (tertiary/aromatic N) is 1. The van der Waals surface area contributed by atoms with Crippen LogP contribution in [0.5, 0.6) is 0 Å². The van der Waals surface area contributed by atoms with E-state index in [0.717, 1.165) is 0 Å². The van der Waals surface area contributed by atoms with Crippen molar-refractivity contribution < 1.29 is 24.4 Å². The molecule has 1 saturated heterocycles. The second-order valence-corrected chi connectivity index (χ2v) is 4.06. The van der Waals surface area contributed by atoms with Gasteiger partial charge in [-0.15, -0.1) is 0 Å². The number of H-pyrrole nitrogens is 1. The maximum Gasteiger partial charge on any atom is 0.332 e. The molecule has 1 aromatic rings. The van der Waals surface area contributed by atoms with E-state index in [2.05, 4.69) is 0 Å². The van der Waals surface area contributed by atoms with Crippen molar-refractivity contribution >= 4 is 5.82 Å². The van der Waals surface area contributed by atoms with E-state index in [0.29, 0.717) is 4.57 Å². The predicted octanol–water partition coefficient (Wildman–Crippen LogP) is -3.13. The zero-order valence-electron chi connectivity index (χ0n) is 9.49. The number of rotatable bonds is 2. The van der Waals surface area contributed by atoms with Crippen LogP contribution < -0.4 is 17.0 Å². The summed E-state index contributed by atoms with van der Waals surface area (Å²) in [6.45, 7) is -0.616. The van der Waals surface area contributed by atoms with Gasteiger partial charge >= 0.3 is 5.69 Å². The molecule has 0 aliphatic carbocycles. The first-order chi connectivity index (χ1) is 8.88. The van der Waals surface area contributed by atoms with Gasteiger partial charge in [-0.05, 0) is 0 Å². The van der Waals surface area contributed by atoms with E-state index in [9.17, 15) is 24.2 Å². The summed E-state index contributed by atoms with van der Waals surface area (Å²) in [6.07, 6.45) is -5.74. The van der Waals surface area contributed by atoms with Crippen molar-refractivity contribution in [2.75, 3.05) is 12.3 Å². The van der Waals surface area contributed by atoms with E-state index < -0.39 is 54.0 Å². The molecule has 9 nitrogen and oxygen atoms in total. The summed E-state index contributed by atoms with van der Waals surface area (Å²) < 4.78 is 18.8. The number of aromatic nitrogens is 2. The van der Waals surface area contributed by atoms with Crippen LogP contribution in [0.15, 0.2) is 9.59 Å². The van der Waals surface area contributed by atoms with E-state index >= 15 is 0 Å². The van der Waals surface area contributed by atoms with Gasteiger partial charge < -0.3 is 25.8 Å². The minimum Gasteiger partial charge on any atom is -0.394 e. The van der Waals surface area contributed by atoms with Gasteiger partial charge in [-0.3, -0.25) is 9.78 Å². The second kappa shape index (κ2) is 4.74. The molecule has 106 valence electrons. The highest BCUT2D eigenvalue weighted by Gasteiger charge is 2.44. The normalized spacial score (nSPS) is 30.7. The van der Waals surface area contributed by atoms with Gasteiger partial charge in [-0.1, -0.05) is 0 Å². The summed E-state index contributed by atoms with van der Waals surface area (Å²) >= 11 is 0. The van der Waals surface area contributed by atoms with Crippen molar-refractivity contribution in [3.05, 3.63) is 26.7 Å². The topological polar surface area (TPSA) is 151 Å². The maximum atomic E-state index is 13.4. The third kappa shape index (κ3) is 2.04. The Morgan fingerprint density at radius 1 is 1.37 bits per heavy atom. The molecular weight excluding hydrogens is 265 g/mol. The van der Waals surface area contributed by atoms with Crippen LogP contribution in [-0.2, 0) is 4.74 Å². The van der Waals surface area contributed by atoms with Crippen LogP contribution in [0.2, 0.25) is 0 Å². The number of anilines is 1. The van der Waals surface area contributed by atoms with Crippen molar-refractivity contribution in [3.63, 3.8) is 0 Å². The van der Waals surface area contributed by atoms with Crippen molar-refractivity contribution in [1.29, 1.82) is 0 Å². The zero-order valence-corrected chi connectivity index (χ0v) is 9.49. The third-order valence-electron chi connectivity index (χ3n) is 2.89. The standard InChI is InChI=1S/C9H12FN3O6/c10-3-6(11)13(9(18)12-7(3)17)8-5(16)4(15)2(1-14)19-8/h2,4-5,8,14-16H,1,11H2,(H,12,17,18)/t2-,4-,5-,8-/m1/s1. The van der Waals surface area contributed by atoms with Gasteiger partial charge in [0, 0.05) is 0 Å². The summed E-state index contributed by atoms with van der Waals surface area (Å²) in [5.74, 6) is -2.24. The molecule has 0 aromatic carbocycles. The monoisotopic (exact) mass is 277 g/mol. The summed E-state index contributed by atoms with van der Waals surface area (Å²) in [5.41, 5.74) is 2.89. The van der Waals surface area contributed by atoms with E-state index in [4.69, 9.17) is 15.6 Å². The Labute approximate surface area is 104 Å². The van der Waals surface area contributed by atoms with Gasteiger partial charge in [0.25, 0.3) is 5.56 Å². The first-order valence-corrected chi connectivity index (χ1v) is 5.30. The van der Waals surface area contributed by atoms with Crippen LogP contribution >= 0.6 is 0 Å². The number of aliphatic hydroxyl groups is 3. The molecule has 1 aliphatic rings. The van der Waals surface area contributed by atoms with Crippen LogP contribution in [0, 0.1) is 5.82 Å². The average Bonchev–Trinajstić information content (AvgIpc) is 2.64. The lowest BCUT2D eigenvalue weighted by Gasteiger charge is -2.19. The number of hydrogen-bond donors (Lipinski definition) is 5. The SMILES string of the molecule is Nc1c(F)c(=O)[nH]c(=O)n1[C@@H]1O[C@H](CO)[C@@H](O)[C@H]1O. The van der Waals surface area contributed by atoms with Gasteiger partial charge in [-0.2, -0.15) is 4.39 Å². The first kappa shape index (κ1) is 13.7. The molecule has 6 N–H and O–H groups in total. The summed E-state index contributed by atoms with van der Waals surface area (Å²) in [7, 11) is 0. The minimum atomic E-state index is -1.61. The Morgan fingerprint density at radius 2 is 2.00 bits per heavy atom. The largest absolute Gasteiger partial charge is 0.394 e. The molecule has 10 heteroatoms. The van der Waals surface area contributed by atoms with E-state index in [1.54, 1.807) is 4.98 Å². The molecule has 2 heterocycles. The molecule has 4 atom stereocenters. The fraction of sp³-hybridized carbons (Fsp3) is 0.556. The van der Waals surface area contributed by atoms with Gasteiger partial charge in [0.1, 0.15) is 18.3 Å². The minimum absolute atomic E-state index is 0.473. The highest BCUT2D eigenvalue weighted by atomic mass is 19.1. The molecule has 1 aliphatic heterocycles. The predicted molar refractivity (Wildman–Crippen MR) is 58.7 cm³/mol. The van der Waals surface area contributed by atoms with Crippen LogP contribution in [-0.4, -0.2) is 49.8 Å². The number of nitrogens with one attached hydrogen (secondary N) is 1. The molecule has 0 unspecified atom stereocenters. The molecule has 1 aromatic heterocycles. The number of halogens is 1. The lowest BCUT2D eigenvalue weighted by Crippen LogP contribution is -2.40. The first-order valence-electron chi connectivity index (χ1n) is 5.30. The third-order valence-corrected chi connectivity index (χ3v) is 2.89. The smallest absolute Gasteiger partial charge is 0.332 e. The highest BCUT2D eigenvalue weighted by Crippen LogP contribution is 2.29. The lowest BCUT2D eigenvalue weighted by molar-refractivity contribution is -0.0542. The molecule has 0 amide bonds. The number of aliphatic hydroxyl groups excluding tert-OH is 3. The van der Waals surface area contributed by atoms with Gasteiger partial charge in [0.15, 0.2) is 12.0 Å². The fourth-order valence-corrected chi connectivity index (χ4v) is 1.89. The van der Waals surface area contributed by atoms with Gasteiger partial charge in [-0.25, -0.2) is 9.36 Å². The quantitative estimate of drug-likeness (QED) is 0.383. The lowest BCUT2D eigenvalue weighted by atomic mass is 10.1. The Hall–Kier alpha value is -1.75. The van der Waals surface area contributed by atoms with Crippen LogP contribution in [0.4, 0.5) is 10.2 Å². The molecule has 0 bridgehead atoms. The molecule has 0 radical (unpaired) electrons. The Balaban J connectivity index is 2.52. The van der Waals surface area contributed by atoms with Gasteiger partial charge in [0.2, 0.25) is 5.82 Å². The maximum absolute atomic E-state index is 13.4.